The number of aromatic nitrogens is 3. The van der Waals surface area contributed by atoms with Crippen molar-refractivity contribution in [3.05, 3.63) is 69.7 Å². The molecule has 0 fully saturated rings. The Morgan fingerprint density at radius 1 is 1.20 bits per heavy atom. The smallest absolute Gasteiger partial charge is 0.341 e. The van der Waals surface area contributed by atoms with E-state index in [4.69, 9.17) is 0 Å². The Balaban J connectivity index is 2.25. The van der Waals surface area contributed by atoms with E-state index in [1.807, 2.05) is 0 Å². The monoisotopic (exact) mass is 341 g/mol. The van der Waals surface area contributed by atoms with E-state index in [2.05, 4.69) is 9.97 Å². The number of ketones is 1. The van der Waals surface area contributed by atoms with Gasteiger partial charge in [0.05, 0.1) is 18.4 Å². The first-order valence-electron chi connectivity index (χ1n) is 7.25. The van der Waals surface area contributed by atoms with Crippen LogP contribution in [0.3, 0.4) is 0 Å². The molecule has 0 saturated heterocycles. The molecule has 0 aliphatic heterocycles. The summed E-state index contributed by atoms with van der Waals surface area (Å²) in [4.78, 5) is 43.4. The number of aromatic carboxylic acids is 1. The van der Waals surface area contributed by atoms with Gasteiger partial charge >= 0.3 is 5.97 Å². The van der Waals surface area contributed by atoms with Gasteiger partial charge in [-0.2, -0.15) is 0 Å². The summed E-state index contributed by atoms with van der Waals surface area (Å²) in [7, 11) is 0. The van der Waals surface area contributed by atoms with Crippen LogP contribution in [0.15, 0.2) is 41.5 Å². The molecule has 0 spiro atoms. The molecule has 3 aromatic heterocycles. The van der Waals surface area contributed by atoms with Crippen LogP contribution in [0.5, 0.6) is 0 Å². The first-order chi connectivity index (χ1) is 11.9. The summed E-state index contributed by atoms with van der Waals surface area (Å²) in [5.41, 5.74) is -0.323. The van der Waals surface area contributed by atoms with Crippen LogP contribution in [-0.4, -0.2) is 31.4 Å². The minimum Gasteiger partial charge on any atom is -0.477 e. The van der Waals surface area contributed by atoms with Gasteiger partial charge in [-0.25, -0.2) is 14.2 Å². The van der Waals surface area contributed by atoms with Gasteiger partial charge in [-0.1, -0.05) is 0 Å². The first kappa shape index (κ1) is 16.4. The highest BCUT2D eigenvalue weighted by Crippen LogP contribution is 2.15. The third-order valence-electron chi connectivity index (χ3n) is 3.67. The molecule has 25 heavy (non-hydrogen) atoms. The molecular weight excluding hydrogens is 329 g/mol. The Labute approximate surface area is 140 Å². The van der Waals surface area contributed by atoms with Crippen LogP contribution in [0, 0.1) is 5.82 Å². The van der Waals surface area contributed by atoms with Crippen LogP contribution >= 0.6 is 0 Å². The molecule has 3 aromatic rings. The molecule has 3 heterocycles. The molecule has 0 amide bonds. The Morgan fingerprint density at radius 3 is 2.56 bits per heavy atom. The molecule has 0 atom stereocenters. The minimum absolute atomic E-state index is 0.0802. The van der Waals surface area contributed by atoms with E-state index in [1.54, 1.807) is 0 Å². The predicted molar refractivity (Wildman–Crippen MR) is 86.3 cm³/mol. The molecule has 0 unspecified atom stereocenters. The van der Waals surface area contributed by atoms with Crippen molar-refractivity contribution >= 4 is 22.8 Å². The van der Waals surface area contributed by atoms with E-state index in [0.717, 1.165) is 10.8 Å². The zero-order valence-corrected chi connectivity index (χ0v) is 13.1. The number of hydrogen-bond donors (Lipinski definition) is 1. The molecular formula is C17H12FN3O4. The number of fused-ring (bicyclic) bond motifs is 1. The second-order valence-electron chi connectivity index (χ2n) is 5.42. The maximum absolute atomic E-state index is 13.0. The van der Waals surface area contributed by atoms with Crippen LogP contribution in [0.25, 0.3) is 11.0 Å². The lowest BCUT2D eigenvalue weighted by molar-refractivity contribution is 0.0694. The van der Waals surface area contributed by atoms with Crippen molar-refractivity contribution in [2.75, 3.05) is 0 Å². The molecule has 0 saturated carbocycles. The number of halogens is 1. The summed E-state index contributed by atoms with van der Waals surface area (Å²) in [6.45, 7) is 1.28. The highest BCUT2D eigenvalue weighted by atomic mass is 19.1. The number of hydrogen-bond acceptors (Lipinski definition) is 5. The summed E-state index contributed by atoms with van der Waals surface area (Å²) in [5, 5.41) is 9.60. The van der Waals surface area contributed by atoms with Gasteiger partial charge in [0.15, 0.2) is 5.78 Å². The number of Topliss-reactive ketones (excluding diaryl/α,β-unsaturated/α-hetero) is 1. The molecule has 0 aliphatic carbocycles. The fourth-order valence-corrected chi connectivity index (χ4v) is 2.42. The molecule has 0 radical (unpaired) electrons. The second-order valence-corrected chi connectivity index (χ2v) is 5.42. The SMILES string of the molecule is CC(=O)c1cnc2c(c1)cc(C(=O)O)c(=O)n2Cc1ccc(F)cn1. The Bertz CT molecular complexity index is 1060. The summed E-state index contributed by atoms with van der Waals surface area (Å²) in [6.07, 6.45) is 2.32. The molecule has 7 nitrogen and oxygen atoms in total. The van der Waals surface area contributed by atoms with Gasteiger partial charge in [0.2, 0.25) is 0 Å². The van der Waals surface area contributed by atoms with Gasteiger partial charge in [0.1, 0.15) is 17.0 Å². The van der Waals surface area contributed by atoms with Crippen molar-refractivity contribution in [3.8, 4) is 0 Å². The average Bonchev–Trinajstić information content (AvgIpc) is 2.58. The van der Waals surface area contributed by atoms with E-state index in [1.165, 1.54) is 37.4 Å². The third-order valence-corrected chi connectivity index (χ3v) is 3.67. The van der Waals surface area contributed by atoms with Crippen LogP contribution < -0.4 is 5.56 Å². The van der Waals surface area contributed by atoms with Crippen molar-refractivity contribution < 1.29 is 19.1 Å². The molecule has 0 bridgehead atoms. The minimum atomic E-state index is -1.39. The lowest BCUT2D eigenvalue weighted by atomic mass is 10.1. The summed E-state index contributed by atoms with van der Waals surface area (Å²) >= 11 is 0. The largest absolute Gasteiger partial charge is 0.477 e. The van der Waals surface area contributed by atoms with Crippen molar-refractivity contribution in [1.82, 2.24) is 14.5 Å². The van der Waals surface area contributed by atoms with E-state index >= 15 is 0 Å². The third kappa shape index (κ3) is 3.14. The van der Waals surface area contributed by atoms with Gasteiger partial charge in [-0.3, -0.25) is 19.1 Å². The maximum atomic E-state index is 13.0. The fourth-order valence-electron chi connectivity index (χ4n) is 2.42. The molecule has 8 heteroatoms. The highest BCUT2D eigenvalue weighted by Gasteiger charge is 2.17. The van der Waals surface area contributed by atoms with Gasteiger partial charge in [0.25, 0.3) is 5.56 Å². The van der Waals surface area contributed by atoms with Gasteiger partial charge in [-0.05, 0) is 31.2 Å². The van der Waals surface area contributed by atoms with Crippen LogP contribution in [-0.2, 0) is 6.54 Å². The van der Waals surface area contributed by atoms with Gasteiger partial charge in [0, 0.05) is 17.1 Å². The Hall–Kier alpha value is -3.42. The van der Waals surface area contributed by atoms with Crippen molar-refractivity contribution in [2.24, 2.45) is 0 Å². The number of nitrogens with zero attached hydrogens (tertiary/aromatic N) is 3. The van der Waals surface area contributed by atoms with Crippen LogP contribution in [0.4, 0.5) is 4.39 Å². The quantitative estimate of drug-likeness (QED) is 0.727. The van der Waals surface area contributed by atoms with Crippen molar-refractivity contribution in [1.29, 1.82) is 0 Å². The zero-order valence-electron chi connectivity index (χ0n) is 13.1. The molecule has 1 N–H and O–H groups in total. The highest BCUT2D eigenvalue weighted by molar-refractivity contribution is 5.98. The number of carboxylic acid groups (broad SMARTS) is 1. The Kier molecular flexibility index (Phi) is 4.10. The van der Waals surface area contributed by atoms with Crippen LogP contribution in [0.2, 0.25) is 0 Å². The summed E-state index contributed by atoms with van der Waals surface area (Å²) in [5.74, 6) is -2.14. The molecule has 126 valence electrons. The van der Waals surface area contributed by atoms with Crippen LogP contribution in [0.1, 0.15) is 33.3 Å². The molecule has 0 aromatic carbocycles. The van der Waals surface area contributed by atoms with E-state index in [9.17, 15) is 23.9 Å². The molecule has 3 rings (SSSR count). The number of carboxylic acids is 1. The van der Waals surface area contributed by atoms with E-state index < -0.39 is 22.9 Å². The normalized spacial score (nSPS) is 10.8. The van der Waals surface area contributed by atoms with E-state index in [0.29, 0.717) is 16.6 Å². The number of carbonyl (C=O) groups is 2. The zero-order chi connectivity index (χ0) is 18.1. The van der Waals surface area contributed by atoms with Crippen molar-refractivity contribution in [3.63, 3.8) is 0 Å². The lowest BCUT2D eigenvalue weighted by Crippen LogP contribution is -2.28. The molecule has 0 aliphatic rings. The first-order valence-corrected chi connectivity index (χ1v) is 7.25. The standard InChI is InChI=1S/C17H12FN3O4/c1-9(22)11-4-10-5-14(17(24)25)16(23)21(15(10)20-6-11)8-13-3-2-12(18)7-19-13/h2-7H,8H2,1H3,(H,24,25). The number of rotatable bonds is 4. The maximum Gasteiger partial charge on any atom is 0.341 e. The van der Waals surface area contributed by atoms with Crippen molar-refractivity contribution in [2.45, 2.75) is 13.5 Å². The number of carbonyl (C=O) groups excluding carboxylic acids is 1. The van der Waals surface area contributed by atoms with Gasteiger partial charge in [-0.15, -0.1) is 0 Å². The van der Waals surface area contributed by atoms with E-state index in [-0.39, 0.29) is 18.0 Å². The lowest BCUT2D eigenvalue weighted by Gasteiger charge is -2.11. The average molecular weight is 341 g/mol. The topological polar surface area (TPSA) is 102 Å². The van der Waals surface area contributed by atoms with Gasteiger partial charge < -0.3 is 5.11 Å². The Morgan fingerprint density at radius 2 is 1.96 bits per heavy atom. The summed E-state index contributed by atoms with van der Waals surface area (Å²) < 4.78 is 14.1. The predicted octanol–water partition coefficient (Wildman–Crippen LogP) is 1.88. The summed E-state index contributed by atoms with van der Waals surface area (Å²) in [6, 6.07) is 5.25. The fraction of sp³-hybridized carbons (Fsp3) is 0.118. The number of pyridine rings is 3. The second kappa shape index (κ2) is 6.23.